The minimum Gasteiger partial charge on any atom is -0.473 e. The van der Waals surface area contributed by atoms with E-state index in [0.29, 0.717) is 17.2 Å². The van der Waals surface area contributed by atoms with Crippen LogP contribution in [0, 0.1) is 11.3 Å². The molecule has 1 aliphatic rings. The molecule has 4 nitrogen and oxygen atoms in total. The van der Waals surface area contributed by atoms with Gasteiger partial charge in [0.25, 0.3) is 0 Å². The summed E-state index contributed by atoms with van der Waals surface area (Å²) in [5.74, 6) is 1.15. The van der Waals surface area contributed by atoms with E-state index >= 15 is 0 Å². The van der Waals surface area contributed by atoms with E-state index in [1.807, 2.05) is 0 Å². The molecule has 0 aromatic carbocycles. The highest BCUT2D eigenvalue weighted by molar-refractivity contribution is 6.28. The molecule has 1 aromatic heterocycles. The van der Waals surface area contributed by atoms with E-state index in [4.69, 9.17) is 16.3 Å². The molecule has 94 valence electrons. The van der Waals surface area contributed by atoms with Crippen LogP contribution < -0.4 is 4.74 Å². The summed E-state index contributed by atoms with van der Waals surface area (Å²) in [5.41, 5.74) is 0.326. The van der Waals surface area contributed by atoms with Gasteiger partial charge in [-0.2, -0.15) is 10.1 Å². The SMILES string of the molecule is CC1CC(Oc2cnnc(Cl)n2)CC(C)(C)C1. The zero-order valence-corrected chi connectivity index (χ0v) is 11.2. The maximum Gasteiger partial charge on any atom is 0.246 e. The van der Waals surface area contributed by atoms with Crippen LogP contribution in [-0.2, 0) is 0 Å². The Labute approximate surface area is 107 Å². The Morgan fingerprint density at radius 3 is 2.82 bits per heavy atom. The van der Waals surface area contributed by atoms with Crippen LogP contribution in [0.25, 0.3) is 0 Å². The highest BCUT2D eigenvalue weighted by Crippen LogP contribution is 2.39. The number of aromatic nitrogens is 3. The molecule has 0 radical (unpaired) electrons. The molecule has 0 amide bonds. The predicted octanol–water partition coefficient (Wildman–Crippen LogP) is 3.12. The van der Waals surface area contributed by atoms with Gasteiger partial charge in [-0.25, -0.2) is 0 Å². The monoisotopic (exact) mass is 255 g/mol. The van der Waals surface area contributed by atoms with Crippen molar-refractivity contribution in [1.82, 2.24) is 15.2 Å². The molecule has 2 atom stereocenters. The molecular formula is C12H18ClN3O. The highest BCUT2D eigenvalue weighted by atomic mass is 35.5. The van der Waals surface area contributed by atoms with Gasteiger partial charge in [0, 0.05) is 0 Å². The zero-order chi connectivity index (χ0) is 12.5. The molecule has 1 saturated carbocycles. The fraction of sp³-hybridized carbons (Fsp3) is 0.750. The van der Waals surface area contributed by atoms with Gasteiger partial charge in [0.2, 0.25) is 11.2 Å². The molecule has 0 aliphatic heterocycles. The first-order chi connectivity index (χ1) is 7.94. The summed E-state index contributed by atoms with van der Waals surface area (Å²) in [4.78, 5) is 4.01. The number of ether oxygens (including phenoxy) is 1. The fourth-order valence-electron chi connectivity index (χ4n) is 2.84. The molecule has 0 saturated heterocycles. The highest BCUT2D eigenvalue weighted by Gasteiger charge is 2.33. The predicted molar refractivity (Wildman–Crippen MR) is 66.0 cm³/mol. The van der Waals surface area contributed by atoms with Crippen LogP contribution in [0.4, 0.5) is 0 Å². The van der Waals surface area contributed by atoms with Gasteiger partial charge in [-0.15, -0.1) is 5.10 Å². The Balaban J connectivity index is 2.03. The molecule has 1 heterocycles. The normalized spacial score (nSPS) is 27.8. The lowest BCUT2D eigenvalue weighted by molar-refractivity contribution is 0.0528. The second kappa shape index (κ2) is 4.77. The molecule has 17 heavy (non-hydrogen) atoms. The van der Waals surface area contributed by atoms with Crippen LogP contribution >= 0.6 is 11.6 Å². The molecule has 2 unspecified atom stereocenters. The van der Waals surface area contributed by atoms with Gasteiger partial charge in [0.15, 0.2) is 0 Å². The van der Waals surface area contributed by atoms with Crippen LogP contribution in [0.15, 0.2) is 6.20 Å². The van der Waals surface area contributed by atoms with Gasteiger partial charge in [-0.3, -0.25) is 0 Å². The molecule has 2 rings (SSSR count). The molecular weight excluding hydrogens is 238 g/mol. The number of nitrogens with zero attached hydrogens (tertiary/aromatic N) is 3. The second-order valence-electron chi connectivity index (χ2n) is 5.72. The summed E-state index contributed by atoms with van der Waals surface area (Å²) in [7, 11) is 0. The quantitative estimate of drug-likeness (QED) is 0.815. The summed E-state index contributed by atoms with van der Waals surface area (Å²) in [6.07, 6.45) is 5.05. The largest absolute Gasteiger partial charge is 0.473 e. The molecule has 0 N–H and O–H groups in total. The third-order valence-electron chi connectivity index (χ3n) is 3.14. The topological polar surface area (TPSA) is 47.9 Å². The Kier molecular flexibility index (Phi) is 3.52. The minimum atomic E-state index is 0.130. The maximum atomic E-state index is 5.84. The van der Waals surface area contributed by atoms with Gasteiger partial charge in [-0.1, -0.05) is 20.8 Å². The lowest BCUT2D eigenvalue weighted by Crippen LogP contribution is -2.34. The van der Waals surface area contributed by atoms with E-state index < -0.39 is 0 Å². The number of halogens is 1. The number of hydrogen-bond donors (Lipinski definition) is 0. The number of rotatable bonds is 2. The Morgan fingerprint density at radius 2 is 2.18 bits per heavy atom. The molecule has 1 aliphatic carbocycles. The summed E-state index contributed by atoms with van der Waals surface area (Å²) >= 11 is 5.68. The summed E-state index contributed by atoms with van der Waals surface area (Å²) < 4.78 is 5.84. The van der Waals surface area contributed by atoms with Crippen molar-refractivity contribution < 1.29 is 4.74 Å². The molecule has 0 bridgehead atoms. The van der Waals surface area contributed by atoms with Gasteiger partial charge < -0.3 is 4.74 Å². The van der Waals surface area contributed by atoms with Crippen molar-refractivity contribution in [2.45, 2.75) is 46.1 Å². The lowest BCUT2D eigenvalue weighted by atomic mass is 9.71. The average molecular weight is 256 g/mol. The van der Waals surface area contributed by atoms with Gasteiger partial charge in [-0.05, 0) is 42.2 Å². The lowest BCUT2D eigenvalue weighted by Gasteiger charge is -2.38. The first kappa shape index (κ1) is 12.6. The van der Waals surface area contributed by atoms with E-state index in [9.17, 15) is 0 Å². The minimum absolute atomic E-state index is 0.130. The van der Waals surface area contributed by atoms with E-state index in [-0.39, 0.29) is 11.4 Å². The summed E-state index contributed by atoms with van der Waals surface area (Å²) in [6.45, 7) is 6.83. The van der Waals surface area contributed by atoms with Crippen LogP contribution in [0.1, 0.15) is 40.0 Å². The zero-order valence-electron chi connectivity index (χ0n) is 10.5. The molecule has 1 fully saturated rings. The molecule has 5 heteroatoms. The van der Waals surface area contributed by atoms with Crippen molar-refractivity contribution in [3.8, 4) is 5.88 Å². The van der Waals surface area contributed by atoms with Crippen molar-refractivity contribution >= 4 is 11.6 Å². The third kappa shape index (κ3) is 3.53. The van der Waals surface area contributed by atoms with Gasteiger partial charge >= 0.3 is 0 Å². The van der Waals surface area contributed by atoms with Gasteiger partial charge in [0.1, 0.15) is 12.3 Å². The Hall–Kier alpha value is -0.900. The van der Waals surface area contributed by atoms with Crippen LogP contribution in [-0.4, -0.2) is 21.3 Å². The molecule has 0 spiro atoms. The Bertz CT molecular complexity index is 397. The summed E-state index contributed by atoms with van der Waals surface area (Å²) in [6, 6.07) is 0. The van der Waals surface area contributed by atoms with Gasteiger partial charge in [0.05, 0.1) is 0 Å². The smallest absolute Gasteiger partial charge is 0.246 e. The fourth-order valence-corrected chi connectivity index (χ4v) is 2.97. The first-order valence-corrected chi connectivity index (χ1v) is 6.34. The number of hydrogen-bond acceptors (Lipinski definition) is 4. The molecule has 1 aromatic rings. The third-order valence-corrected chi connectivity index (χ3v) is 3.30. The average Bonchev–Trinajstić information content (AvgIpc) is 2.13. The van der Waals surface area contributed by atoms with Crippen molar-refractivity contribution in [2.24, 2.45) is 11.3 Å². The first-order valence-electron chi connectivity index (χ1n) is 5.96. The maximum absolute atomic E-state index is 5.84. The van der Waals surface area contributed by atoms with Crippen LogP contribution in [0.3, 0.4) is 0 Å². The van der Waals surface area contributed by atoms with E-state index in [0.717, 1.165) is 12.8 Å². The van der Waals surface area contributed by atoms with Crippen molar-refractivity contribution in [3.63, 3.8) is 0 Å². The van der Waals surface area contributed by atoms with E-state index in [1.165, 1.54) is 12.6 Å². The van der Waals surface area contributed by atoms with Crippen LogP contribution in [0.5, 0.6) is 5.88 Å². The van der Waals surface area contributed by atoms with Crippen molar-refractivity contribution in [1.29, 1.82) is 0 Å². The van der Waals surface area contributed by atoms with Crippen LogP contribution in [0.2, 0.25) is 5.28 Å². The van der Waals surface area contributed by atoms with Crippen molar-refractivity contribution in [3.05, 3.63) is 11.5 Å². The van der Waals surface area contributed by atoms with E-state index in [1.54, 1.807) is 0 Å². The second-order valence-corrected chi connectivity index (χ2v) is 6.05. The van der Waals surface area contributed by atoms with E-state index in [2.05, 4.69) is 36.0 Å². The Morgan fingerprint density at radius 1 is 1.41 bits per heavy atom. The standard InChI is InChI=1S/C12H18ClN3O/c1-8-4-9(6-12(2,3)5-8)17-10-7-14-16-11(13)15-10/h7-9H,4-6H2,1-3H3. The summed E-state index contributed by atoms with van der Waals surface area (Å²) in [5, 5.41) is 7.47. The van der Waals surface area contributed by atoms with Crippen molar-refractivity contribution in [2.75, 3.05) is 0 Å².